The van der Waals surface area contributed by atoms with E-state index >= 15 is 0 Å². The van der Waals surface area contributed by atoms with Gasteiger partial charge in [-0.05, 0) is 49.6 Å². The Hall–Kier alpha value is -2.29. The van der Waals surface area contributed by atoms with Crippen molar-refractivity contribution in [3.05, 3.63) is 64.7 Å². The first kappa shape index (κ1) is 14.1. The number of hydrogen-bond donors (Lipinski definition) is 2. The van der Waals surface area contributed by atoms with Crippen LogP contribution in [0.15, 0.2) is 42.5 Å². The van der Waals surface area contributed by atoms with Gasteiger partial charge in [0.05, 0.1) is 0 Å². The van der Waals surface area contributed by atoms with Crippen LogP contribution in [-0.4, -0.2) is 11.1 Å². The molecular weight excluding hydrogens is 250 g/mol. The van der Waals surface area contributed by atoms with Crippen molar-refractivity contribution in [3.63, 3.8) is 0 Å². The van der Waals surface area contributed by atoms with Crippen LogP contribution < -0.4 is 5.32 Å². The first-order valence-corrected chi connectivity index (χ1v) is 6.60. The number of carbonyl (C=O) groups is 1. The van der Waals surface area contributed by atoms with Crippen LogP contribution in [0.3, 0.4) is 0 Å². The molecule has 2 rings (SSSR count). The summed E-state index contributed by atoms with van der Waals surface area (Å²) in [5, 5.41) is 12.6. The van der Waals surface area contributed by atoms with Crippen molar-refractivity contribution >= 4 is 11.7 Å². The maximum atomic E-state index is 11.6. The van der Waals surface area contributed by atoms with Gasteiger partial charge in [-0.2, -0.15) is 0 Å². The largest absolute Gasteiger partial charge is 0.479 e. The highest BCUT2D eigenvalue weighted by Crippen LogP contribution is 2.24. The van der Waals surface area contributed by atoms with Gasteiger partial charge in [-0.25, -0.2) is 4.79 Å². The summed E-state index contributed by atoms with van der Waals surface area (Å²) in [4.78, 5) is 11.6. The van der Waals surface area contributed by atoms with E-state index in [0.29, 0.717) is 0 Å². The number of hydrogen-bond acceptors (Lipinski definition) is 2. The second-order valence-electron chi connectivity index (χ2n) is 5.15. The third kappa shape index (κ3) is 3.18. The van der Waals surface area contributed by atoms with Crippen LogP contribution >= 0.6 is 0 Å². The summed E-state index contributed by atoms with van der Waals surface area (Å²) in [5.74, 6) is -0.875. The molecule has 0 bridgehead atoms. The van der Waals surface area contributed by atoms with Gasteiger partial charge in [-0.1, -0.05) is 35.9 Å². The predicted molar refractivity (Wildman–Crippen MR) is 81.1 cm³/mol. The second-order valence-corrected chi connectivity index (χ2v) is 5.15. The summed E-state index contributed by atoms with van der Waals surface area (Å²) in [6.07, 6.45) is 0. The topological polar surface area (TPSA) is 49.3 Å². The fourth-order valence-corrected chi connectivity index (χ4v) is 2.24. The Balaban J connectivity index is 2.37. The molecule has 3 heteroatoms. The molecule has 0 aliphatic heterocycles. The molecule has 3 nitrogen and oxygen atoms in total. The van der Waals surface area contributed by atoms with Gasteiger partial charge in [0.25, 0.3) is 0 Å². The normalized spacial score (nSPS) is 11.9. The lowest BCUT2D eigenvalue weighted by Crippen LogP contribution is -2.21. The van der Waals surface area contributed by atoms with Gasteiger partial charge in [-0.15, -0.1) is 0 Å². The average molecular weight is 269 g/mol. The summed E-state index contributed by atoms with van der Waals surface area (Å²) in [7, 11) is 0. The zero-order chi connectivity index (χ0) is 14.7. The minimum Gasteiger partial charge on any atom is -0.479 e. The number of nitrogens with one attached hydrogen (secondary N) is 1. The van der Waals surface area contributed by atoms with Crippen molar-refractivity contribution < 1.29 is 9.90 Å². The van der Waals surface area contributed by atoms with Gasteiger partial charge in [0.1, 0.15) is 0 Å². The molecule has 1 atom stereocenters. The molecule has 104 valence electrons. The van der Waals surface area contributed by atoms with Gasteiger partial charge >= 0.3 is 5.97 Å². The molecule has 0 spiro atoms. The molecule has 0 saturated carbocycles. The number of carboxylic acid groups (broad SMARTS) is 1. The quantitative estimate of drug-likeness (QED) is 0.886. The number of benzene rings is 2. The fraction of sp³-hybridized carbons (Fsp3) is 0.235. The van der Waals surface area contributed by atoms with Crippen LogP contribution in [0.1, 0.15) is 28.3 Å². The molecule has 2 aromatic rings. The molecule has 2 N–H and O–H groups in total. The third-order valence-electron chi connectivity index (χ3n) is 3.32. The molecular formula is C17H19NO2. The standard InChI is InChI=1S/C17H19NO2/c1-11-5-4-6-14(9-11)18-16(17(19)20)15-10-12(2)7-8-13(15)3/h4-10,16,18H,1-3H3,(H,19,20). The van der Waals surface area contributed by atoms with Gasteiger partial charge in [0.2, 0.25) is 0 Å². The highest BCUT2D eigenvalue weighted by molar-refractivity contribution is 5.80. The van der Waals surface area contributed by atoms with E-state index in [1.807, 2.05) is 63.2 Å². The minimum absolute atomic E-state index is 0.739. The first-order chi connectivity index (χ1) is 9.47. The summed E-state index contributed by atoms with van der Waals surface area (Å²) >= 11 is 0. The molecule has 0 amide bonds. The number of aliphatic carboxylic acids is 1. The second kappa shape index (κ2) is 5.78. The summed E-state index contributed by atoms with van der Waals surface area (Å²) in [5.41, 5.74) is 4.75. The molecule has 2 aromatic carbocycles. The molecule has 0 saturated heterocycles. The van der Waals surface area contributed by atoms with E-state index in [1.165, 1.54) is 0 Å². The van der Waals surface area contributed by atoms with E-state index in [0.717, 1.165) is 27.9 Å². The predicted octanol–water partition coefficient (Wildman–Crippen LogP) is 3.85. The lowest BCUT2D eigenvalue weighted by Gasteiger charge is -2.19. The van der Waals surface area contributed by atoms with Crippen molar-refractivity contribution in [2.45, 2.75) is 26.8 Å². The Bertz CT molecular complexity index is 635. The van der Waals surface area contributed by atoms with Crippen LogP contribution in [0.25, 0.3) is 0 Å². The lowest BCUT2D eigenvalue weighted by atomic mass is 9.98. The highest BCUT2D eigenvalue weighted by Gasteiger charge is 2.21. The zero-order valence-electron chi connectivity index (χ0n) is 12.0. The molecule has 20 heavy (non-hydrogen) atoms. The lowest BCUT2D eigenvalue weighted by molar-refractivity contribution is -0.138. The Morgan fingerprint density at radius 1 is 1.05 bits per heavy atom. The summed E-state index contributed by atoms with van der Waals surface area (Å²) in [6, 6.07) is 12.9. The van der Waals surface area contributed by atoms with E-state index in [4.69, 9.17) is 0 Å². The number of carboxylic acids is 1. The monoisotopic (exact) mass is 269 g/mol. The van der Waals surface area contributed by atoms with E-state index in [9.17, 15) is 9.90 Å². The van der Waals surface area contributed by atoms with Gasteiger partial charge < -0.3 is 10.4 Å². The minimum atomic E-state index is -0.875. The van der Waals surface area contributed by atoms with Crippen LogP contribution in [0.2, 0.25) is 0 Å². The van der Waals surface area contributed by atoms with Crippen LogP contribution in [-0.2, 0) is 4.79 Å². The highest BCUT2D eigenvalue weighted by atomic mass is 16.4. The van der Waals surface area contributed by atoms with Crippen molar-refractivity contribution in [2.75, 3.05) is 5.32 Å². The Morgan fingerprint density at radius 2 is 1.75 bits per heavy atom. The molecule has 1 unspecified atom stereocenters. The van der Waals surface area contributed by atoms with Gasteiger partial charge in [0.15, 0.2) is 6.04 Å². The van der Waals surface area contributed by atoms with Crippen LogP contribution in [0.4, 0.5) is 5.69 Å². The maximum absolute atomic E-state index is 11.6. The molecule has 0 aromatic heterocycles. The molecule has 0 fully saturated rings. The van der Waals surface area contributed by atoms with Crippen molar-refractivity contribution in [1.82, 2.24) is 0 Å². The van der Waals surface area contributed by atoms with E-state index in [1.54, 1.807) is 0 Å². The Morgan fingerprint density at radius 3 is 2.40 bits per heavy atom. The van der Waals surface area contributed by atoms with E-state index in [2.05, 4.69) is 5.32 Å². The molecule has 0 aliphatic carbocycles. The van der Waals surface area contributed by atoms with Crippen LogP contribution in [0, 0.1) is 20.8 Å². The zero-order valence-corrected chi connectivity index (χ0v) is 12.0. The molecule has 0 aliphatic rings. The van der Waals surface area contributed by atoms with Crippen molar-refractivity contribution in [1.29, 1.82) is 0 Å². The fourth-order valence-electron chi connectivity index (χ4n) is 2.24. The van der Waals surface area contributed by atoms with Gasteiger partial charge in [0, 0.05) is 5.69 Å². The number of rotatable bonds is 4. The molecule has 0 heterocycles. The number of aryl methyl sites for hydroxylation is 3. The SMILES string of the molecule is Cc1cccc(NC(C(=O)O)c2cc(C)ccc2C)c1. The van der Waals surface area contributed by atoms with Crippen LogP contribution in [0.5, 0.6) is 0 Å². The van der Waals surface area contributed by atoms with Crippen molar-refractivity contribution in [2.24, 2.45) is 0 Å². The molecule has 0 radical (unpaired) electrons. The summed E-state index contributed by atoms with van der Waals surface area (Å²) < 4.78 is 0. The van der Waals surface area contributed by atoms with E-state index in [-0.39, 0.29) is 0 Å². The van der Waals surface area contributed by atoms with E-state index < -0.39 is 12.0 Å². The van der Waals surface area contributed by atoms with Crippen molar-refractivity contribution in [3.8, 4) is 0 Å². The number of anilines is 1. The Labute approximate surface area is 119 Å². The maximum Gasteiger partial charge on any atom is 0.330 e. The third-order valence-corrected chi connectivity index (χ3v) is 3.32. The first-order valence-electron chi connectivity index (χ1n) is 6.60. The smallest absolute Gasteiger partial charge is 0.330 e. The average Bonchev–Trinajstić information content (AvgIpc) is 2.39. The Kier molecular flexibility index (Phi) is 4.08. The van der Waals surface area contributed by atoms with Gasteiger partial charge in [-0.3, -0.25) is 0 Å². The summed E-state index contributed by atoms with van der Waals surface area (Å²) in [6.45, 7) is 5.88.